The highest BCUT2D eigenvalue weighted by atomic mass is 32.2. The zero-order chi connectivity index (χ0) is 11.1. The van der Waals surface area contributed by atoms with E-state index >= 15 is 0 Å². The molecule has 0 radical (unpaired) electrons. The summed E-state index contributed by atoms with van der Waals surface area (Å²) in [7, 11) is 1.77. The Kier molecular flexibility index (Phi) is 6.05. The number of hydrogen-bond acceptors (Lipinski definition) is 4. The molecule has 0 aromatic heterocycles. The molecule has 1 aliphatic heterocycles. The first-order valence-corrected chi connectivity index (χ1v) is 6.45. The molecule has 1 aliphatic rings. The van der Waals surface area contributed by atoms with Gasteiger partial charge in [-0.15, -0.1) is 0 Å². The molecule has 0 spiro atoms. The molecule has 1 heterocycles. The minimum atomic E-state index is -0.259. The van der Waals surface area contributed by atoms with Crippen molar-refractivity contribution in [3.8, 4) is 0 Å². The second kappa shape index (κ2) is 7.09. The normalized spacial score (nSPS) is 20.1. The van der Waals surface area contributed by atoms with Crippen LogP contribution in [0, 0.1) is 0 Å². The molecule has 1 atom stereocenters. The predicted octanol–water partition coefficient (Wildman–Crippen LogP) is 0.362. The Balaban J connectivity index is 2.11. The maximum Gasteiger partial charge on any atom is 0.234 e. The van der Waals surface area contributed by atoms with E-state index in [1.807, 2.05) is 11.8 Å². The minimum Gasteiger partial charge on any atom is -0.381 e. The highest BCUT2D eigenvalue weighted by Crippen LogP contribution is 2.22. The van der Waals surface area contributed by atoms with Crippen molar-refractivity contribution in [2.45, 2.75) is 30.6 Å². The number of likely N-dealkylation sites (N-methyl/N-ethyl adjacent to an activating group) is 1. The summed E-state index contributed by atoms with van der Waals surface area (Å²) in [5.41, 5.74) is 5.24. The lowest BCUT2D eigenvalue weighted by Gasteiger charge is -2.22. The van der Waals surface area contributed by atoms with Gasteiger partial charge in [-0.25, -0.2) is 0 Å². The highest BCUT2D eigenvalue weighted by molar-refractivity contribution is 7.99. The molecule has 4 nitrogen and oxygen atoms in total. The van der Waals surface area contributed by atoms with Gasteiger partial charge < -0.3 is 15.8 Å². The zero-order valence-corrected chi connectivity index (χ0v) is 10.0. The number of amides is 1. The van der Waals surface area contributed by atoms with E-state index in [4.69, 9.17) is 10.5 Å². The van der Waals surface area contributed by atoms with Gasteiger partial charge in [-0.1, -0.05) is 0 Å². The molecule has 0 saturated carbocycles. The standard InChI is InChI=1S/C10H20N2O2S/c1-12-9(10(11)13)4-7-15-8-2-5-14-6-3-8/h8-9,12H,2-7H2,1H3,(H2,11,13). The molecule has 1 saturated heterocycles. The molecule has 0 aromatic carbocycles. The fraction of sp³-hybridized carbons (Fsp3) is 0.900. The minimum absolute atomic E-state index is 0.183. The summed E-state index contributed by atoms with van der Waals surface area (Å²) in [5, 5.41) is 3.62. The summed E-state index contributed by atoms with van der Waals surface area (Å²) in [6.07, 6.45) is 3.07. The van der Waals surface area contributed by atoms with Gasteiger partial charge in [0.25, 0.3) is 0 Å². The number of nitrogens with two attached hydrogens (primary N) is 1. The molecule has 1 unspecified atom stereocenters. The topological polar surface area (TPSA) is 64.3 Å². The van der Waals surface area contributed by atoms with Crippen LogP contribution in [0.25, 0.3) is 0 Å². The van der Waals surface area contributed by atoms with Gasteiger partial charge in [0.2, 0.25) is 5.91 Å². The zero-order valence-electron chi connectivity index (χ0n) is 9.20. The van der Waals surface area contributed by atoms with Crippen LogP contribution < -0.4 is 11.1 Å². The van der Waals surface area contributed by atoms with Crippen molar-refractivity contribution in [1.82, 2.24) is 5.32 Å². The van der Waals surface area contributed by atoms with E-state index in [-0.39, 0.29) is 11.9 Å². The number of primary amides is 1. The van der Waals surface area contributed by atoms with Gasteiger partial charge in [0.15, 0.2) is 0 Å². The van der Waals surface area contributed by atoms with Crippen LogP contribution in [0.5, 0.6) is 0 Å². The monoisotopic (exact) mass is 232 g/mol. The van der Waals surface area contributed by atoms with E-state index in [0.717, 1.165) is 38.2 Å². The summed E-state index contributed by atoms with van der Waals surface area (Å²) >= 11 is 1.93. The van der Waals surface area contributed by atoms with Crippen molar-refractivity contribution in [3.05, 3.63) is 0 Å². The SMILES string of the molecule is CNC(CCSC1CCOCC1)C(N)=O. The first-order valence-electron chi connectivity index (χ1n) is 5.40. The largest absolute Gasteiger partial charge is 0.381 e. The van der Waals surface area contributed by atoms with Crippen LogP contribution >= 0.6 is 11.8 Å². The Morgan fingerprint density at radius 3 is 2.80 bits per heavy atom. The molecule has 0 bridgehead atoms. The molecule has 0 aliphatic carbocycles. The number of rotatable bonds is 6. The van der Waals surface area contributed by atoms with Crippen molar-refractivity contribution >= 4 is 17.7 Å². The van der Waals surface area contributed by atoms with E-state index in [1.165, 1.54) is 0 Å². The van der Waals surface area contributed by atoms with Gasteiger partial charge >= 0.3 is 0 Å². The molecule has 1 rings (SSSR count). The Bertz CT molecular complexity index is 196. The van der Waals surface area contributed by atoms with E-state index in [2.05, 4.69) is 5.32 Å². The van der Waals surface area contributed by atoms with Gasteiger partial charge in [0.1, 0.15) is 0 Å². The lowest BCUT2D eigenvalue weighted by Crippen LogP contribution is -2.39. The van der Waals surface area contributed by atoms with E-state index in [1.54, 1.807) is 7.05 Å². The maximum atomic E-state index is 10.9. The fourth-order valence-corrected chi connectivity index (χ4v) is 2.85. The smallest absolute Gasteiger partial charge is 0.234 e. The Morgan fingerprint density at radius 1 is 1.60 bits per heavy atom. The number of carbonyl (C=O) groups excluding carboxylic acids is 1. The second-order valence-electron chi connectivity index (χ2n) is 3.71. The van der Waals surface area contributed by atoms with Crippen LogP contribution in [0.4, 0.5) is 0 Å². The average molecular weight is 232 g/mol. The molecule has 3 N–H and O–H groups in total. The summed E-state index contributed by atoms with van der Waals surface area (Å²) in [5.74, 6) is 0.726. The average Bonchev–Trinajstić information content (AvgIpc) is 2.25. The van der Waals surface area contributed by atoms with Crippen LogP contribution in [0.15, 0.2) is 0 Å². The molecule has 1 amide bonds. The Hall–Kier alpha value is -0.260. The van der Waals surface area contributed by atoms with Gasteiger partial charge in [-0.2, -0.15) is 11.8 Å². The molecule has 5 heteroatoms. The van der Waals surface area contributed by atoms with Crippen molar-refractivity contribution < 1.29 is 9.53 Å². The summed E-state index contributed by atoms with van der Waals surface area (Å²) in [6, 6.07) is -0.183. The molecule has 0 aromatic rings. The predicted molar refractivity (Wildman–Crippen MR) is 63.0 cm³/mol. The number of thioether (sulfide) groups is 1. The lowest BCUT2D eigenvalue weighted by atomic mass is 10.2. The van der Waals surface area contributed by atoms with Crippen LogP contribution in [0.1, 0.15) is 19.3 Å². The van der Waals surface area contributed by atoms with E-state index in [0.29, 0.717) is 5.25 Å². The highest BCUT2D eigenvalue weighted by Gasteiger charge is 2.16. The summed E-state index contributed by atoms with van der Waals surface area (Å²) in [4.78, 5) is 10.9. The first-order chi connectivity index (χ1) is 7.24. The van der Waals surface area contributed by atoms with Gasteiger partial charge in [-0.05, 0) is 32.1 Å². The third-order valence-corrected chi connectivity index (χ3v) is 4.03. The van der Waals surface area contributed by atoms with Crippen molar-refractivity contribution in [2.24, 2.45) is 5.73 Å². The Morgan fingerprint density at radius 2 is 2.27 bits per heavy atom. The molecular weight excluding hydrogens is 212 g/mol. The molecule has 88 valence electrons. The van der Waals surface area contributed by atoms with Crippen LogP contribution in [-0.2, 0) is 9.53 Å². The molecular formula is C10H20N2O2S. The first kappa shape index (κ1) is 12.8. The van der Waals surface area contributed by atoms with E-state index in [9.17, 15) is 4.79 Å². The van der Waals surface area contributed by atoms with Crippen molar-refractivity contribution in [3.63, 3.8) is 0 Å². The quantitative estimate of drug-likeness (QED) is 0.694. The number of carbonyl (C=O) groups is 1. The third kappa shape index (κ3) is 4.86. The van der Waals surface area contributed by atoms with Crippen molar-refractivity contribution in [2.75, 3.05) is 26.0 Å². The summed E-state index contributed by atoms with van der Waals surface area (Å²) < 4.78 is 5.29. The second-order valence-corrected chi connectivity index (χ2v) is 5.12. The maximum absolute atomic E-state index is 10.9. The number of hydrogen-bond donors (Lipinski definition) is 2. The number of ether oxygens (including phenoxy) is 1. The van der Waals surface area contributed by atoms with Crippen LogP contribution in [0.3, 0.4) is 0 Å². The fourth-order valence-electron chi connectivity index (χ4n) is 1.62. The van der Waals surface area contributed by atoms with Crippen LogP contribution in [0.2, 0.25) is 0 Å². The van der Waals surface area contributed by atoms with Crippen LogP contribution in [-0.4, -0.2) is 43.2 Å². The van der Waals surface area contributed by atoms with Gasteiger partial charge in [-0.3, -0.25) is 4.79 Å². The lowest BCUT2D eigenvalue weighted by molar-refractivity contribution is -0.119. The molecule has 1 fully saturated rings. The third-order valence-electron chi connectivity index (χ3n) is 2.62. The van der Waals surface area contributed by atoms with Crippen molar-refractivity contribution in [1.29, 1.82) is 0 Å². The van der Waals surface area contributed by atoms with Gasteiger partial charge in [0, 0.05) is 18.5 Å². The Labute approximate surface area is 95.3 Å². The number of nitrogens with one attached hydrogen (secondary N) is 1. The summed E-state index contributed by atoms with van der Waals surface area (Å²) in [6.45, 7) is 1.76. The van der Waals surface area contributed by atoms with Gasteiger partial charge in [0.05, 0.1) is 6.04 Å². The molecule has 15 heavy (non-hydrogen) atoms. The van der Waals surface area contributed by atoms with E-state index < -0.39 is 0 Å².